The lowest BCUT2D eigenvalue weighted by Gasteiger charge is -2.27. The molecule has 0 radical (unpaired) electrons. The van der Waals surface area contributed by atoms with E-state index in [4.69, 9.17) is 0 Å². The summed E-state index contributed by atoms with van der Waals surface area (Å²) in [6.07, 6.45) is 4.12. The third-order valence-corrected chi connectivity index (χ3v) is 4.39. The highest BCUT2D eigenvalue weighted by Crippen LogP contribution is 2.45. The van der Waals surface area contributed by atoms with E-state index in [1.807, 2.05) is 0 Å². The summed E-state index contributed by atoms with van der Waals surface area (Å²) in [5.41, 5.74) is 2.07. The van der Waals surface area contributed by atoms with Crippen LogP contribution < -0.4 is 5.32 Å². The number of benzene rings is 1. The van der Waals surface area contributed by atoms with Gasteiger partial charge in [-0.3, -0.25) is 0 Å². The maximum Gasteiger partial charge on any atom is 0.0449 e. The first-order chi connectivity index (χ1) is 8.75. The van der Waals surface area contributed by atoms with Crippen molar-refractivity contribution < 1.29 is 0 Å². The molecule has 0 bridgehead atoms. The fraction of sp³-hybridized carbons (Fsp3) is 0.625. The van der Waals surface area contributed by atoms with Crippen molar-refractivity contribution in [3.05, 3.63) is 35.9 Å². The van der Waals surface area contributed by atoms with Crippen LogP contribution >= 0.6 is 0 Å². The summed E-state index contributed by atoms with van der Waals surface area (Å²) in [5, 5.41) is 3.69. The Bertz CT molecular complexity index is 383. The lowest BCUT2D eigenvalue weighted by atomic mass is 10.1. The highest BCUT2D eigenvalue weighted by Gasteiger charge is 2.39. The molecular formula is C16H24N2. The van der Waals surface area contributed by atoms with Crippen molar-refractivity contribution in [1.82, 2.24) is 10.2 Å². The predicted molar refractivity (Wildman–Crippen MR) is 75.6 cm³/mol. The summed E-state index contributed by atoms with van der Waals surface area (Å²) >= 11 is 0. The molecule has 0 aromatic heterocycles. The van der Waals surface area contributed by atoms with Crippen LogP contribution in [-0.4, -0.2) is 31.1 Å². The number of nitrogens with one attached hydrogen (secondary N) is 1. The summed E-state index contributed by atoms with van der Waals surface area (Å²) in [4.78, 5) is 2.67. The van der Waals surface area contributed by atoms with Crippen molar-refractivity contribution in [2.75, 3.05) is 26.2 Å². The van der Waals surface area contributed by atoms with Crippen LogP contribution in [0.5, 0.6) is 0 Å². The molecule has 1 N–H and O–H groups in total. The Morgan fingerprint density at radius 3 is 2.78 bits per heavy atom. The molecule has 0 spiro atoms. The van der Waals surface area contributed by atoms with Crippen LogP contribution in [0.4, 0.5) is 0 Å². The quantitative estimate of drug-likeness (QED) is 0.879. The molecule has 1 aromatic carbocycles. The van der Waals surface area contributed by atoms with Gasteiger partial charge in [-0.25, -0.2) is 0 Å². The van der Waals surface area contributed by atoms with Crippen molar-refractivity contribution in [3.63, 3.8) is 0 Å². The van der Waals surface area contributed by atoms with Crippen LogP contribution in [0.3, 0.4) is 0 Å². The molecule has 1 saturated carbocycles. The second-order valence-corrected chi connectivity index (χ2v) is 6.32. The predicted octanol–water partition coefficient (Wildman–Crippen LogP) is 2.82. The Labute approximate surface area is 110 Å². The van der Waals surface area contributed by atoms with E-state index in [9.17, 15) is 0 Å². The van der Waals surface area contributed by atoms with Crippen molar-refractivity contribution >= 4 is 0 Å². The maximum absolute atomic E-state index is 3.69. The van der Waals surface area contributed by atoms with Gasteiger partial charge in [-0.1, -0.05) is 37.3 Å². The lowest BCUT2D eigenvalue weighted by molar-refractivity contribution is 0.224. The number of rotatable bonds is 3. The lowest BCUT2D eigenvalue weighted by Crippen LogP contribution is -2.34. The van der Waals surface area contributed by atoms with Gasteiger partial charge >= 0.3 is 0 Å². The molecule has 98 valence electrons. The van der Waals surface area contributed by atoms with Crippen molar-refractivity contribution in [1.29, 1.82) is 0 Å². The summed E-state index contributed by atoms with van der Waals surface area (Å²) in [6, 6.07) is 11.4. The molecule has 3 rings (SSSR count). The van der Waals surface area contributed by atoms with Crippen molar-refractivity contribution in [2.45, 2.75) is 32.2 Å². The zero-order chi connectivity index (χ0) is 12.4. The van der Waals surface area contributed by atoms with E-state index in [2.05, 4.69) is 47.5 Å². The molecule has 1 aliphatic carbocycles. The third-order valence-electron chi connectivity index (χ3n) is 4.39. The highest BCUT2D eigenvalue weighted by molar-refractivity contribution is 5.19. The van der Waals surface area contributed by atoms with Gasteiger partial charge in [0.1, 0.15) is 0 Å². The fourth-order valence-electron chi connectivity index (χ4n) is 2.96. The minimum absolute atomic E-state index is 0.510. The molecule has 1 aromatic rings. The summed E-state index contributed by atoms with van der Waals surface area (Å²) in [5.74, 6) is 0. The molecule has 1 heterocycles. The van der Waals surface area contributed by atoms with Crippen LogP contribution in [0, 0.1) is 5.41 Å². The first-order valence-electron chi connectivity index (χ1n) is 7.26. The molecule has 2 aliphatic rings. The average molecular weight is 244 g/mol. The van der Waals surface area contributed by atoms with Gasteiger partial charge in [-0.2, -0.15) is 0 Å². The molecule has 0 amide bonds. The minimum Gasteiger partial charge on any atom is -0.309 e. The number of hydrogen-bond donors (Lipinski definition) is 1. The van der Waals surface area contributed by atoms with Gasteiger partial charge in [-0.05, 0) is 43.3 Å². The van der Waals surface area contributed by atoms with E-state index in [0.717, 1.165) is 6.54 Å². The summed E-state index contributed by atoms with van der Waals surface area (Å²) in [6.45, 7) is 7.29. The highest BCUT2D eigenvalue weighted by atomic mass is 15.2. The topological polar surface area (TPSA) is 15.3 Å². The van der Waals surface area contributed by atoms with E-state index < -0.39 is 0 Å². The normalized spacial score (nSPS) is 27.7. The van der Waals surface area contributed by atoms with E-state index in [1.165, 1.54) is 44.5 Å². The van der Waals surface area contributed by atoms with E-state index in [-0.39, 0.29) is 0 Å². The second kappa shape index (κ2) is 5.02. The zero-order valence-electron chi connectivity index (χ0n) is 11.4. The van der Waals surface area contributed by atoms with Crippen LogP contribution in [0.25, 0.3) is 0 Å². The van der Waals surface area contributed by atoms with Gasteiger partial charge in [0.15, 0.2) is 0 Å². The SMILES string of the molecule is CC1(CN2CCCNC(c3ccccc3)C2)CC1. The Kier molecular flexibility index (Phi) is 3.40. The molecule has 1 unspecified atom stereocenters. The van der Waals surface area contributed by atoms with Crippen molar-refractivity contribution in [3.8, 4) is 0 Å². The number of nitrogens with zero attached hydrogens (tertiary/aromatic N) is 1. The first-order valence-corrected chi connectivity index (χ1v) is 7.26. The van der Waals surface area contributed by atoms with Crippen LogP contribution in [-0.2, 0) is 0 Å². The smallest absolute Gasteiger partial charge is 0.0449 e. The molecule has 1 aliphatic heterocycles. The minimum atomic E-state index is 0.510. The summed E-state index contributed by atoms with van der Waals surface area (Å²) in [7, 11) is 0. The third kappa shape index (κ3) is 2.93. The molecule has 2 heteroatoms. The maximum atomic E-state index is 3.69. The number of hydrogen-bond acceptors (Lipinski definition) is 2. The Morgan fingerprint density at radius 1 is 1.28 bits per heavy atom. The molecule has 2 fully saturated rings. The van der Waals surface area contributed by atoms with Crippen molar-refractivity contribution in [2.24, 2.45) is 5.41 Å². The fourth-order valence-corrected chi connectivity index (χ4v) is 2.96. The monoisotopic (exact) mass is 244 g/mol. The molecule has 1 atom stereocenters. The second-order valence-electron chi connectivity index (χ2n) is 6.32. The molecular weight excluding hydrogens is 220 g/mol. The first kappa shape index (κ1) is 12.2. The standard InChI is InChI=1S/C16H24N2/c1-16(8-9-16)13-18-11-5-10-17-15(12-18)14-6-3-2-4-7-14/h2-4,6-7,15,17H,5,8-13H2,1H3. The Morgan fingerprint density at radius 2 is 2.06 bits per heavy atom. The van der Waals surface area contributed by atoms with Gasteiger partial charge < -0.3 is 10.2 Å². The molecule has 2 nitrogen and oxygen atoms in total. The van der Waals surface area contributed by atoms with Crippen LogP contribution in [0.1, 0.15) is 37.8 Å². The largest absolute Gasteiger partial charge is 0.309 e. The van der Waals surface area contributed by atoms with Gasteiger partial charge in [0, 0.05) is 19.1 Å². The zero-order valence-corrected chi connectivity index (χ0v) is 11.4. The summed E-state index contributed by atoms with van der Waals surface area (Å²) < 4.78 is 0. The van der Waals surface area contributed by atoms with E-state index in [1.54, 1.807) is 0 Å². The van der Waals surface area contributed by atoms with Gasteiger partial charge in [-0.15, -0.1) is 0 Å². The van der Waals surface area contributed by atoms with Gasteiger partial charge in [0.2, 0.25) is 0 Å². The van der Waals surface area contributed by atoms with E-state index >= 15 is 0 Å². The van der Waals surface area contributed by atoms with Crippen LogP contribution in [0.15, 0.2) is 30.3 Å². The van der Waals surface area contributed by atoms with Gasteiger partial charge in [0.25, 0.3) is 0 Å². The Hall–Kier alpha value is -0.860. The molecule has 1 saturated heterocycles. The van der Waals surface area contributed by atoms with E-state index in [0.29, 0.717) is 11.5 Å². The Balaban J connectivity index is 1.67. The van der Waals surface area contributed by atoms with Gasteiger partial charge in [0.05, 0.1) is 0 Å². The average Bonchev–Trinajstić information content (AvgIpc) is 3.15. The molecule has 18 heavy (non-hydrogen) atoms. The van der Waals surface area contributed by atoms with Crippen LogP contribution in [0.2, 0.25) is 0 Å².